The molecule has 3 rings (SSSR count). The van der Waals surface area contributed by atoms with Gasteiger partial charge in [-0.05, 0) is 70.3 Å². The number of carbonyl (C=O) groups excluding carboxylic acids is 1. The third kappa shape index (κ3) is 5.99. The van der Waals surface area contributed by atoms with E-state index >= 15 is 0 Å². The summed E-state index contributed by atoms with van der Waals surface area (Å²) < 4.78 is 19.4. The SMILES string of the molecule is Cc1ccc(NC(=O)CN2CCC(CN3CC(C)OC(C)C3)CC2)cc1F. The van der Waals surface area contributed by atoms with Crippen LogP contribution < -0.4 is 5.32 Å². The van der Waals surface area contributed by atoms with Crippen LogP contribution in [0, 0.1) is 18.7 Å². The number of benzene rings is 1. The molecule has 0 aliphatic carbocycles. The van der Waals surface area contributed by atoms with Crippen molar-refractivity contribution in [2.75, 3.05) is 44.6 Å². The van der Waals surface area contributed by atoms with Gasteiger partial charge in [0, 0.05) is 25.3 Å². The van der Waals surface area contributed by atoms with Crippen molar-refractivity contribution in [1.29, 1.82) is 0 Å². The largest absolute Gasteiger partial charge is 0.373 e. The van der Waals surface area contributed by atoms with E-state index in [-0.39, 0.29) is 11.7 Å². The van der Waals surface area contributed by atoms with Gasteiger partial charge in [0.05, 0.1) is 18.8 Å². The number of aryl methyl sites for hydroxylation is 1. The molecule has 5 nitrogen and oxygen atoms in total. The summed E-state index contributed by atoms with van der Waals surface area (Å²) in [5, 5.41) is 2.80. The first kappa shape index (κ1) is 20.2. The summed E-state index contributed by atoms with van der Waals surface area (Å²) in [5.74, 6) is 0.320. The van der Waals surface area contributed by atoms with Crippen LogP contribution in [0.5, 0.6) is 0 Å². The number of morpholine rings is 1. The summed E-state index contributed by atoms with van der Waals surface area (Å²) in [6, 6.07) is 4.81. The Bertz CT molecular complexity index is 636. The summed E-state index contributed by atoms with van der Waals surface area (Å²) in [6.45, 7) is 11.4. The monoisotopic (exact) mass is 377 g/mol. The van der Waals surface area contributed by atoms with Crippen molar-refractivity contribution in [3.05, 3.63) is 29.6 Å². The highest BCUT2D eigenvalue weighted by Gasteiger charge is 2.27. The van der Waals surface area contributed by atoms with E-state index in [9.17, 15) is 9.18 Å². The molecule has 2 fully saturated rings. The van der Waals surface area contributed by atoms with Crippen LogP contribution in [-0.4, -0.2) is 67.2 Å². The standard InChI is InChI=1S/C21H32FN3O2/c1-15-4-5-19(10-20(15)22)23-21(26)14-24-8-6-18(7-9-24)13-25-11-16(2)27-17(3)12-25/h4-5,10,16-18H,6-9,11-14H2,1-3H3,(H,23,26). The summed E-state index contributed by atoms with van der Waals surface area (Å²) in [6.07, 6.45) is 2.85. The summed E-state index contributed by atoms with van der Waals surface area (Å²) in [4.78, 5) is 17.0. The zero-order valence-electron chi connectivity index (χ0n) is 16.7. The predicted octanol–water partition coefficient (Wildman–Crippen LogP) is 2.89. The molecule has 1 amide bonds. The fourth-order valence-electron chi connectivity index (χ4n) is 4.20. The number of halogens is 1. The van der Waals surface area contributed by atoms with Crippen molar-refractivity contribution in [2.45, 2.75) is 45.8 Å². The van der Waals surface area contributed by atoms with Gasteiger partial charge in [0.15, 0.2) is 0 Å². The molecule has 0 aromatic heterocycles. The lowest BCUT2D eigenvalue weighted by Crippen LogP contribution is -2.48. The molecule has 2 unspecified atom stereocenters. The number of nitrogens with zero attached hydrogens (tertiary/aromatic N) is 2. The van der Waals surface area contributed by atoms with Crippen LogP contribution >= 0.6 is 0 Å². The number of nitrogens with one attached hydrogen (secondary N) is 1. The van der Waals surface area contributed by atoms with E-state index in [1.54, 1.807) is 19.1 Å². The third-order valence-corrected chi connectivity index (χ3v) is 5.54. The predicted molar refractivity (Wildman–Crippen MR) is 105 cm³/mol. The van der Waals surface area contributed by atoms with Crippen LogP contribution in [0.1, 0.15) is 32.3 Å². The van der Waals surface area contributed by atoms with Crippen LogP contribution in [0.3, 0.4) is 0 Å². The van der Waals surface area contributed by atoms with E-state index in [0.29, 0.717) is 35.9 Å². The van der Waals surface area contributed by atoms with E-state index < -0.39 is 0 Å². The number of rotatable bonds is 5. The number of carbonyl (C=O) groups is 1. The summed E-state index contributed by atoms with van der Waals surface area (Å²) in [5.41, 5.74) is 1.10. The lowest BCUT2D eigenvalue weighted by atomic mass is 9.95. The Morgan fingerprint density at radius 3 is 2.48 bits per heavy atom. The fraction of sp³-hybridized carbons (Fsp3) is 0.667. The Kier molecular flexibility index (Phi) is 6.84. The van der Waals surface area contributed by atoms with Crippen LogP contribution in [0.4, 0.5) is 10.1 Å². The molecule has 2 aliphatic heterocycles. The molecular weight excluding hydrogens is 345 g/mol. The molecule has 2 aliphatic rings. The number of piperidine rings is 1. The normalized spacial score (nSPS) is 25.5. The van der Waals surface area contributed by atoms with Crippen molar-refractivity contribution >= 4 is 11.6 Å². The van der Waals surface area contributed by atoms with Crippen LogP contribution in [0.15, 0.2) is 18.2 Å². The minimum Gasteiger partial charge on any atom is -0.373 e. The first-order valence-electron chi connectivity index (χ1n) is 10.0. The number of hydrogen-bond acceptors (Lipinski definition) is 4. The van der Waals surface area contributed by atoms with Gasteiger partial charge in [-0.3, -0.25) is 14.6 Å². The molecule has 0 saturated carbocycles. The molecule has 150 valence electrons. The molecule has 1 aromatic rings. The Balaban J connectivity index is 1.40. The summed E-state index contributed by atoms with van der Waals surface area (Å²) >= 11 is 0. The van der Waals surface area contributed by atoms with Gasteiger partial charge in [0.1, 0.15) is 5.82 Å². The lowest BCUT2D eigenvalue weighted by molar-refractivity contribution is -0.117. The smallest absolute Gasteiger partial charge is 0.238 e. The van der Waals surface area contributed by atoms with Gasteiger partial charge in [-0.25, -0.2) is 4.39 Å². The van der Waals surface area contributed by atoms with Crippen LogP contribution in [0.2, 0.25) is 0 Å². The highest BCUT2D eigenvalue weighted by molar-refractivity contribution is 5.92. The first-order valence-corrected chi connectivity index (χ1v) is 10.0. The van der Waals surface area contributed by atoms with Crippen molar-refractivity contribution in [2.24, 2.45) is 5.92 Å². The van der Waals surface area contributed by atoms with Crippen molar-refractivity contribution in [3.8, 4) is 0 Å². The van der Waals surface area contributed by atoms with Crippen LogP contribution in [-0.2, 0) is 9.53 Å². The van der Waals surface area contributed by atoms with E-state index in [1.807, 2.05) is 0 Å². The first-order chi connectivity index (χ1) is 12.9. The zero-order chi connectivity index (χ0) is 19.4. The number of ether oxygens (including phenoxy) is 1. The van der Waals surface area contributed by atoms with Crippen molar-refractivity contribution in [1.82, 2.24) is 9.80 Å². The van der Waals surface area contributed by atoms with Crippen LogP contribution in [0.25, 0.3) is 0 Å². The summed E-state index contributed by atoms with van der Waals surface area (Å²) in [7, 11) is 0. The number of anilines is 1. The van der Waals surface area contributed by atoms with Gasteiger partial charge in [-0.1, -0.05) is 6.07 Å². The van der Waals surface area contributed by atoms with Gasteiger partial charge in [-0.15, -0.1) is 0 Å². The number of hydrogen-bond donors (Lipinski definition) is 1. The number of likely N-dealkylation sites (tertiary alicyclic amines) is 1. The van der Waals surface area contributed by atoms with Crippen molar-refractivity contribution < 1.29 is 13.9 Å². The van der Waals surface area contributed by atoms with E-state index in [1.165, 1.54) is 6.07 Å². The molecule has 2 heterocycles. The molecule has 2 saturated heterocycles. The molecule has 2 atom stereocenters. The van der Waals surface area contributed by atoms with E-state index in [0.717, 1.165) is 45.6 Å². The zero-order valence-corrected chi connectivity index (χ0v) is 16.7. The average molecular weight is 378 g/mol. The lowest BCUT2D eigenvalue weighted by Gasteiger charge is -2.39. The second kappa shape index (κ2) is 9.13. The van der Waals surface area contributed by atoms with E-state index in [4.69, 9.17) is 4.74 Å². The molecule has 6 heteroatoms. The Morgan fingerprint density at radius 2 is 1.85 bits per heavy atom. The van der Waals surface area contributed by atoms with Gasteiger partial charge in [0.2, 0.25) is 5.91 Å². The minimum atomic E-state index is -0.291. The molecule has 0 spiro atoms. The molecule has 1 N–H and O–H groups in total. The Labute approximate surface area is 161 Å². The van der Waals surface area contributed by atoms with Gasteiger partial charge < -0.3 is 10.1 Å². The average Bonchev–Trinajstić information content (AvgIpc) is 2.59. The second-order valence-corrected chi connectivity index (χ2v) is 8.21. The Hall–Kier alpha value is -1.50. The highest BCUT2D eigenvalue weighted by atomic mass is 19.1. The molecule has 0 radical (unpaired) electrons. The second-order valence-electron chi connectivity index (χ2n) is 8.21. The molecule has 0 bridgehead atoms. The fourth-order valence-corrected chi connectivity index (χ4v) is 4.20. The third-order valence-electron chi connectivity index (χ3n) is 5.54. The highest BCUT2D eigenvalue weighted by Crippen LogP contribution is 2.21. The maximum absolute atomic E-state index is 13.6. The van der Waals surface area contributed by atoms with Gasteiger partial charge in [0.25, 0.3) is 0 Å². The quantitative estimate of drug-likeness (QED) is 0.857. The maximum atomic E-state index is 13.6. The van der Waals surface area contributed by atoms with E-state index in [2.05, 4.69) is 29.0 Å². The Morgan fingerprint density at radius 1 is 1.19 bits per heavy atom. The maximum Gasteiger partial charge on any atom is 0.238 e. The topological polar surface area (TPSA) is 44.8 Å². The molecular formula is C21H32FN3O2. The number of amides is 1. The van der Waals surface area contributed by atoms with Gasteiger partial charge >= 0.3 is 0 Å². The molecule has 1 aromatic carbocycles. The van der Waals surface area contributed by atoms with Crippen molar-refractivity contribution in [3.63, 3.8) is 0 Å². The molecule has 27 heavy (non-hydrogen) atoms. The minimum absolute atomic E-state index is 0.0764. The van der Waals surface area contributed by atoms with Gasteiger partial charge in [-0.2, -0.15) is 0 Å².